The lowest BCUT2D eigenvalue weighted by molar-refractivity contribution is 0.0776. The normalized spacial score (nSPS) is 14.1. The third-order valence-electron chi connectivity index (χ3n) is 5.51. The minimum Gasteiger partial charge on any atom is -0.381 e. The molecule has 1 amide bonds. The number of carbonyl (C=O) groups excluding carboxylic acids is 1. The van der Waals surface area contributed by atoms with Crippen molar-refractivity contribution in [3.8, 4) is 28.7 Å². The Labute approximate surface area is 187 Å². The number of nitrogens with one attached hydrogen (secondary N) is 2. The molecular weight excluding hydrogens is 404 g/mol. The van der Waals surface area contributed by atoms with Gasteiger partial charge in [0.1, 0.15) is 5.69 Å². The van der Waals surface area contributed by atoms with Gasteiger partial charge >= 0.3 is 0 Å². The van der Waals surface area contributed by atoms with Crippen LogP contribution >= 0.6 is 0 Å². The molecule has 7 nitrogen and oxygen atoms in total. The Balaban J connectivity index is 1.39. The highest BCUT2D eigenvalue weighted by molar-refractivity contribution is 5.95. The fourth-order valence-corrected chi connectivity index (χ4v) is 3.65. The van der Waals surface area contributed by atoms with E-state index in [0.717, 1.165) is 43.7 Å². The Kier molecular flexibility index (Phi) is 7.28. The van der Waals surface area contributed by atoms with Gasteiger partial charge in [0, 0.05) is 55.1 Å². The van der Waals surface area contributed by atoms with Gasteiger partial charge in [-0.05, 0) is 30.5 Å². The van der Waals surface area contributed by atoms with Crippen LogP contribution < -0.4 is 10.6 Å². The van der Waals surface area contributed by atoms with Crippen LogP contribution in [0.4, 0.5) is 0 Å². The van der Waals surface area contributed by atoms with Crippen molar-refractivity contribution in [3.63, 3.8) is 0 Å². The molecule has 0 radical (unpaired) electrons. The molecule has 1 aliphatic rings. The van der Waals surface area contributed by atoms with Crippen molar-refractivity contribution in [2.75, 3.05) is 19.8 Å². The van der Waals surface area contributed by atoms with Crippen molar-refractivity contribution < 1.29 is 14.1 Å². The maximum absolute atomic E-state index is 12.2. The first-order chi connectivity index (χ1) is 15.7. The number of hydrogen-bond acceptors (Lipinski definition) is 6. The van der Waals surface area contributed by atoms with E-state index in [2.05, 4.69) is 27.9 Å². The molecule has 1 aromatic heterocycles. The maximum atomic E-state index is 12.2. The summed E-state index contributed by atoms with van der Waals surface area (Å²) in [4.78, 5) is 12.2. The minimum absolute atomic E-state index is 0.212. The molecule has 4 rings (SSSR count). The molecular formula is C25H26N4O3. The SMILES string of the molecule is N#CCCNC(=O)c1cccc(-c2cc(-c3ccc(CNC4CCOCC4)cc3)on2)c1. The van der Waals surface area contributed by atoms with E-state index in [9.17, 15) is 4.79 Å². The van der Waals surface area contributed by atoms with Crippen molar-refractivity contribution in [1.29, 1.82) is 5.26 Å². The predicted molar refractivity (Wildman–Crippen MR) is 121 cm³/mol. The molecule has 0 bridgehead atoms. The topological polar surface area (TPSA) is 100 Å². The van der Waals surface area contributed by atoms with Crippen molar-refractivity contribution in [1.82, 2.24) is 15.8 Å². The molecule has 1 fully saturated rings. The summed E-state index contributed by atoms with van der Waals surface area (Å²) in [6.45, 7) is 2.82. The minimum atomic E-state index is -0.212. The average Bonchev–Trinajstić information content (AvgIpc) is 3.34. The molecule has 0 saturated carbocycles. The monoisotopic (exact) mass is 430 g/mol. The van der Waals surface area contributed by atoms with Crippen LogP contribution in [0, 0.1) is 11.3 Å². The Morgan fingerprint density at radius 1 is 1.09 bits per heavy atom. The summed E-state index contributed by atoms with van der Waals surface area (Å²) in [6, 6.07) is 19.9. The summed E-state index contributed by atoms with van der Waals surface area (Å²) < 4.78 is 11.0. The number of benzene rings is 2. The van der Waals surface area contributed by atoms with Gasteiger partial charge < -0.3 is 19.9 Å². The number of carbonyl (C=O) groups is 1. The van der Waals surface area contributed by atoms with Gasteiger partial charge in [0.25, 0.3) is 5.91 Å². The molecule has 1 aliphatic heterocycles. The number of nitrogens with zero attached hydrogens (tertiary/aromatic N) is 2. The third kappa shape index (κ3) is 5.61. The molecule has 7 heteroatoms. The number of hydrogen-bond donors (Lipinski definition) is 2. The molecule has 2 N–H and O–H groups in total. The maximum Gasteiger partial charge on any atom is 0.251 e. The van der Waals surface area contributed by atoms with E-state index in [1.54, 1.807) is 12.1 Å². The molecule has 0 aliphatic carbocycles. The molecule has 2 aromatic carbocycles. The number of aromatic nitrogens is 1. The first kappa shape index (κ1) is 21.8. The van der Waals surface area contributed by atoms with Crippen LogP contribution in [-0.2, 0) is 11.3 Å². The van der Waals surface area contributed by atoms with Crippen LogP contribution in [0.15, 0.2) is 59.1 Å². The second kappa shape index (κ2) is 10.7. The van der Waals surface area contributed by atoms with Crippen LogP contribution in [-0.4, -0.2) is 36.9 Å². The Morgan fingerprint density at radius 3 is 2.69 bits per heavy atom. The quantitative estimate of drug-likeness (QED) is 0.526. The smallest absolute Gasteiger partial charge is 0.251 e. The molecule has 164 valence electrons. The molecule has 1 saturated heterocycles. The van der Waals surface area contributed by atoms with Crippen LogP contribution in [0.25, 0.3) is 22.6 Å². The molecule has 2 heterocycles. The highest BCUT2D eigenvalue weighted by Gasteiger charge is 2.14. The van der Waals surface area contributed by atoms with Gasteiger partial charge in [-0.3, -0.25) is 4.79 Å². The van der Waals surface area contributed by atoms with E-state index in [-0.39, 0.29) is 12.3 Å². The summed E-state index contributed by atoms with van der Waals surface area (Å²) in [6.07, 6.45) is 2.39. The van der Waals surface area contributed by atoms with E-state index in [4.69, 9.17) is 14.5 Å². The predicted octanol–water partition coefficient (Wildman–Crippen LogP) is 3.92. The first-order valence-electron chi connectivity index (χ1n) is 10.9. The summed E-state index contributed by atoms with van der Waals surface area (Å²) >= 11 is 0. The van der Waals surface area contributed by atoms with Crippen molar-refractivity contribution in [3.05, 3.63) is 65.7 Å². The zero-order chi connectivity index (χ0) is 22.2. The number of nitriles is 1. The first-order valence-corrected chi connectivity index (χ1v) is 10.9. The van der Waals surface area contributed by atoms with E-state index in [1.165, 1.54) is 5.56 Å². The van der Waals surface area contributed by atoms with Crippen molar-refractivity contribution >= 4 is 5.91 Å². The van der Waals surface area contributed by atoms with Gasteiger partial charge in [-0.2, -0.15) is 5.26 Å². The molecule has 32 heavy (non-hydrogen) atoms. The fourth-order valence-electron chi connectivity index (χ4n) is 3.65. The van der Waals surface area contributed by atoms with Crippen LogP contribution in [0.2, 0.25) is 0 Å². The van der Waals surface area contributed by atoms with Crippen LogP contribution in [0.3, 0.4) is 0 Å². The second-order valence-electron chi connectivity index (χ2n) is 7.79. The van der Waals surface area contributed by atoms with E-state index < -0.39 is 0 Å². The van der Waals surface area contributed by atoms with E-state index >= 15 is 0 Å². The Morgan fingerprint density at radius 2 is 1.91 bits per heavy atom. The van der Waals surface area contributed by atoms with Gasteiger partial charge in [-0.15, -0.1) is 0 Å². The lowest BCUT2D eigenvalue weighted by Gasteiger charge is -2.23. The second-order valence-corrected chi connectivity index (χ2v) is 7.79. The highest BCUT2D eigenvalue weighted by Crippen LogP contribution is 2.27. The van der Waals surface area contributed by atoms with Gasteiger partial charge in [-0.25, -0.2) is 0 Å². The van der Waals surface area contributed by atoms with Gasteiger partial charge in [0.2, 0.25) is 0 Å². The molecule has 0 unspecified atom stereocenters. The lowest BCUT2D eigenvalue weighted by atomic mass is 10.1. The summed E-state index contributed by atoms with van der Waals surface area (Å²) in [5.41, 5.74) is 4.15. The summed E-state index contributed by atoms with van der Waals surface area (Å²) in [5.74, 6) is 0.462. The average molecular weight is 431 g/mol. The third-order valence-corrected chi connectivity index (χ3v) is 5.51. The molecule has 0 spiro atoms. The van der Waals surface area contributed by atoms with Crippen molar-refractivity contribution in [2.45, 2.75) is 31.8 Å². The van der Waals surface area contributed by atoms with Gasteiger partial charge in [0.05, 0.1) is 12.5 Å². The Hall–Kier alpha value is -3.47. The van der Waals surface area contributed by atoms with Gasteiger partial charge in [-0.1, -0.05) is 41.6 Å². The lowest BCUT2D eigenvalue weighted by Crippen LogP contribution is -2.34. The number of rotatable bonds is 8. The zero-order valence-corrected chi connectivity index (χ0v) is 17.8. The van der Waals surface area contributed by atoms with Gasteiger partial charge in [0.15, 0.2) is 5.76 Å². The largest absolute Gasteiger partial charge is 0.381 e. The number of ether oxygens (including phenoxy) is 1. The standard InChI is InChI=1S/C25H26N4O3/c26-11-2-12-27-25(30)21-4-1-3-20(15-21)23-16-24(32-29-23)19-7-5-18(6-8-19)17-28-22-9-13-31-14-10-22/h1,3-8,15-16,22,28H,2,9-10,12-14,17H2,(H,27,30). The highest BCUT2D eigenvalue weighted by atomic mass is 16.5. The summed E-state index contributed by atoms with van der Waals surface area (Å²) in [7, 11) is 0. The number of amides is 1. The van der Waals surface area contributed by atoms with Crippen LogP contribution in [0.5, 0.6) is 0 Å². The van der Waals surface area contributed by atoms with Crippen molar-refractivity contribution in [2.24, 2.45) is 0 Å². The van der Waals surface area contributed by atoms with Crippen LogP contribution in [0.1, 0.15) is 35.2 Å². The molecule has 3 aromatic rings. The van der Waals surface area contributed by atoms with E-state index in [1.807, 2.05) is 36.4 Å². The van der Waals surface area contributed by atoms with E-state index in [0.29, 0.717) is 29.6 Å². The molecule has 0 atom stereocenters. The fraction of sp³-hybridized carbons (Fsp3) is 0.320. The Bertz CT molecular complexity index is 1080. The zero-order valence-electron chi connectivity index (χ0n) is 17.8. The summed E-state index contributed by atoms with van der Waals surface area (Å²) in [5, 5.41) is 19.1.